The molecule has 1 aliphatic rings. The van der Waals surface area contributed by atoms with Crippen molar-refractivity contribution in [3.05, 3.63) is 60.4 Å². The Morgan fingerprint density at radius 1 is 1.21 bits per heavy atom. The van der Waals surface area contributed by atoms with Crippen molar-refractivity contribution in [2.45, 2.75) is 51.0 Å². The molecule has 0 amide bonds. The van der Waals surface area contributed by atoms with Gasteiger partial charge < -0.3 is 4.74 Å². The highest BCUT2D eigenvalue weighted by Crippen LogP contribution is 2.35. The number of benzene rings is 1. The minimum absolute atomic E-state index is 0.131. The van der Waals surface area contributed by atoms with Crippen molar-refractivity contribution in [2.75, 3.05) is 0 Å². The summed E-state index contributed by atoms with van der Waals surface area (Å²) in [7, 11) is 0. The molecule has 1 heteroatoms. The fraction of sp³-hybridized carbons (Fsp3) is 0.444. The standard InChI is InChI=1S/C18H24O/c1-4-14(2)18(16-10-6-5-7-11-16)15(3)19-17-12-8-9-13-17/h5-7,10-11,17-18H,2-4,8-9,12-13H2,1H3/t18-/m1/s1. The molecule has 0 radical (unpaired) electrons. The van der Waals surface area contributed by atoms with Gasteiger partial charge in [-0.15, -0.1) is 0 Å². The van der Waals surface area contributed by atoms with E-state index in [4.69, 9.17) is 4.74 Å². The molecule has 102 valence electrons. The van der Waals surface area contributed by atoms with Gasteiger partial charge in [0.1, 0.15) is 5.76 Å². The van der Waals surface area contributed by atoms with Crippen LogP contribution in [-0.2, 0) is 4.74 Å². The minimum atomic E-state index is 0.131. The second-order valence-electron chi connectivity index (χ2n) is 5.35. The lowest BCUT2D eigenvalue weighted by atomic mass is 9.89. The van der Waals surface area contributed by atoms with Crippen LogP contribution in [0, 0.1) is 0 Å². The fourth-order valence-electron chi connectivity index (χ4n) is 2.79. The van der Waals surface area contributed by atoms with Gasteiger partial charge in [-0.05, 0) is 37.7 Å². The zero-order valence-corrected chi connectivity index (χ0v) is 11.9. The minimum Gasteiger partial charge on any atom is -0.494 e. The summed E-state index contributed by atoms with van der Waals surface area (Å²) in [4.78, 5) is 0. The van der Waals surface area contributed by atoms with Crippen LogP contribution in [0.5, 0.6) is 0 Å². The van der Waals surface area contributed by atoms with Gasteiger partial charge in [-0.2, -0.15) is 0 Å². The molecule has 1 aliphatic carbocycles. The molecule has 0 heterocycles. The summed E-state index contributed by atoms with van der Waals surface area (Å²) in [5, 5.41) is 0. The van der Waals surface area contributed by atoms with Gasteiger partial charge in [-0.1, -0.05) is 56.0 Å². The van der Waals surface area contributed by atoms with E-state index in [0.29, 0.717) is 6.10 Å². The quantitative estimate of drug-likeness (QED) is 0.501. The first-order valence-corrected chi connectivity index (χ1v) is 7.30. The number of hydrogen-bond donors (Lipinski definition) is 0. The molecule has 1 fully saturated rings. The van der Waals surface area contributed by atoms with Gasteiger partial charge in [-0.25, -0.2) is 0 Å². The summed E-state index contributed by atoms with van der Waals surface area (Å²) >= 11 is 0. The van der Waals surface area contributed by atoms with Crippen LogP contribution in [0.1, 0.15) is 50.5 Å². The molecule has 2 rings (SSSR count). The van der Waals surface area contributed by atoms with Crippen LogP contribution >= 0.6 is 0 Å². The summed E-state index contributed by atoms with van der Waals surface area (Å²) in [5.74, 6) is 0.997. The predicted octanol–water partition coefficient (Wildman–Crippen LogP) is 5.21. The van der Waals surface area contributed by atoms with Gasteiger partial charge in [0.25, 0.3) is 0 Å². The summed E-state index contributed by atoms with van der Waals surface area (Å²) in [6.07, 6.45) is 6.21. The molecule has 0 saturated heterocycles. The maximum absolute atomic E-state index is 6.10. The van der Waals surface area contributed by atoms with Crippen LogP contribution in [0.3, 0.4) is 0 Å². The second kappa shape index (κ2) is 6.60. The van der Waals surface area contributed by atoms with Crippen LogP contribution in [-0.4, -0.2) is 6.10 Å². The zero-order valence-electron chi connectivity index (χ0n) is 11.9. The Labute approximate surface area is 117 Å². The van der Waals surface area contributed by atoms with Crippen molar-refractivity contribution in [3.63, 3.8) is 0 Å². The molecule has 0 bridgehead atoms. The van der Waals surface area contributed by atoms with E-state index in [1.807, 2.05) is 6.07 Å². The van der Waals surface area contributed by atoms with Crippen LogP contribution in [0.15, 0.2) is 54.8 Å². The van der Waals surface area contributed by atoms with Gasteiger partial charge in [0.05, 0.1) is 12.0 Å². The number of allylic oxidation sites excluding steroid dienone is 1. The number of rotatable bonds is 6. The van der Waals surface area contributed by atoms with Gasteiger partial charge in [0.15, 0.2) is 0 Å². The zero-order chi connectivity index (χ0) is 13.7. The van der Waals surface area contributed by atoms with Crippen molar-refractivity contribution in [1.82, 2.24) is 0 Å². The van der Waals surface area contributed by atoms with Crippen molar-refractivity contribution in [1.29, 1.82) is 0 Å². The monoisotopic (exact) mass is 256 g/mol. The lowest BCUT2D eigenvalue weighted by molar-refractivity contribution is 0.113. The molecule has 0 N–H and O–H groups in total. The predicted molar refractivity (Wildman–Crippen MR) is 81.1 cm³/mol. The third-order valence-corrected chi connectivity index (χ3v) is 3.94. The maximum atomic E-state index is 6.10. The molecule has 1 nitrogen and oxygen atoms in total. The Morgan fingerprint density at radius 2 is 1.84 bits per heavy atom. The van der Waals surface area contributed by atoms with Crippen LogP contribution in [0.25, 0.3) is 0 Å². The topological polar surface area (TPSA) is 9.23 Å². The lowest BCUT2D eigenvalue weighted by Crippen LogP contribution is -2.13. The highest BCUT2D eigenvalue weighted by Gasteiger charge is 2.23. The average Bonchev–Trinajstić information content (AvgIpc) is 2.93. The molecule has 1 aromatic carbocycles. The van der Waals surface area contributed by atoms with E-state index in [9.17, 15) is 0 Å². The first kappa shape index (κ1) is 13.9. The molecule has 1 aromatic rings. The highest BCUT2D eigenvalue weighted by atomic mass is 16.5. The van der Waals surface area contributed by atoms with Crippen LogP contribution in [0.2, 0.25) is 0 Å². The van der Waals surface area contributed by atoms with E-state index >= 15 is 0 Å². The Bertz CT molecular complexity index is 426. The molecular formula is C18H24O. The highest BCUT2D eigenvalue weighted by molar-refractivity contribution is 5.34. The van der Waals surface area contributed by atoms with E-state index in [0.717, 1.165) is 12.2 Å². The summed E-state index contributed by atoms with van der Waals surface area (Å²) < 4.78 is 6.10. The number of ether oxygens (including phenoxy) is 1. The van der Waals surface area contributed by atoms with Gasteiger partial charge >= 0.3 is 0 Å². The van der Waals surface area contributed by atoms with E-state index in [2.05, 4.69) is 44.3 Å². The Balaban J connectivity index is 2.13. The van der Waals surface area contributed by atoms with Crippen molar-refractivity contribution >= 4 is 0 Å². The third-order valence-electron chi connectivity index (χ3n) is 3.94. The lowest BCUT2D eigenvalue weighted by Gasteiger charge is -2.25. The molecule has 0 spiro atoms. The molecule has 0 aliphatic heterocycles. The Hall–Kier alpha value is -1.50. The van der Waals surface area contributed by atoms with Gasteiger partial charge in [0.2, 0.25) is 0 Å². The molecule has 1 saturated carbocycles. The van der Waals surface area contributed by atoms with E-state index in [1.54, 1.807) is 0 Å². The number of hydrogen-bond acceptors (Lipinski definition) is 1. The van der Waals surface area contributed by atoms with Crippen molar-refractivity contribution < 1.29 is 4.74 Å². The van der Waals surface area contributed by atoms with E-state index < -0.39 is 0 Å². The summed E-state index contributed by atoms with van der Waals surface area (Å²) in [5.41, 5.74) is 2.41. The van der Waals surface area contributed by atoms with Crippen molar-refractivity contribution in [2.24, 2.45) is 0 Å². The molecule has 0 unspecified atom stereocenters. The largest absolute Gasteiger partial charge is 0.494 e. The van der Waals surface area contributed by atoms with Gasteiger partial charge in [0, 0.05) is 0 Å². The first-order chi connectivity index (χ1) is 9.22. The maximum Gasteiger partial charge on any atom is 0.101 e. The van der Waals surface area contributed by atoms with Crippen LogP contribution in [0.4, 0.5) is 0 Å². The molecule has 19 heavy (non-hydrogen) atoms. The van der Waals surface area contributed by atoms with Gasteiger partial charge in [-0.3, -0.25) is 0 Å². The smallest absolute Gasteiger partial charge is 0.101 e. The normalized spacial score (nSPS) is 17.1. The Morgan fingerprint density at radius 3 is 2.42 bits per heavy atom. The third kappa shape index (κ3) is 3.50. The molecule has 1 atom stereocenters. The van der Waals surface area contributed by atoms with E-state index in [1.165, 1.54) is 36.8 Å². The van der Waals surface area contributed by atoms with Crippen molar-refractivity contribution in [3.8, 4) is 0 Å². The molecule has 0 aromatic heterocycles. The summed E-state index contributed by atoms with van der Waals surface area (Å²) in [6, 6.07) is 10.4. The Kier molecular flexibility index (Phi) is 4.84. The van der Waals surface area contributed by atoms with E-state index in [-0.39, 0.29) is 5.92 Å². The SMILES string of the molecule is C=C(CC)[C@H](C(=C)OC1CCCC1)c1ccccc1. The fourth-order valence-corrected chi connectivity index (χ4v) is 2.79. The summed E-state index contributed by atoms with van der Waals surface area (Å²) in [6.45, 7) is 10.5. The molecular weight excluding hydrogens is 232 g/mol. The average molecular weight is 256 g/mol. The van der Waals surface area contributed by atoms with Crippen LogP contribution < -0.4 is 0 Å². The second-order valence-corrected chi connectivity index (χ2v) is 5.35. The first-order valence-electron chi connectivity index (χ1n) is 7.30.